The van der Waals surface area contributed by atoms with Gasteiger partial charge in [0.25, 0.3) is 0 Å². The molecule has 0 aromatic carbocycles. The van der Waals surface area contributed by atoms with E-state index in [0.717, 1.165) is 0 Å². The lowest BCUT2D eigenvalue weighted by Crippen LogP contribution is -2.36. The number of rotatable bonds is 6. The number of nitrogens with two attached hydrogens (primary N) is 1. The number of aliphatic hydroxyl groups excluding tert-OH is 2. The van der Waals surface area contributed by atoms with Crippen molar-refractivity contribution in [3.63, 3.8) is 0 Å². The van der Waals surface area contributed by atoms with Gasteiger partial charge in [0.2, 0.25) is 0 Å². The van der Waals surface area contributed by atoms with Gasteiger partial charge in [-0.2, -0.15) is 0 Å². The van der Waals surface area contributed by atoms with Crippen LogP contribution in [0, 0.1) is 0 Å². The Morgan fingerprint density at radius 2 is 1.73 bits per heavy atom. The Hall–Kier alpha value is -0.230. The van der Waals surface area contributed by atoms with Crippen LogP contribution in [0.2, 0.25) is 0 Å². The fraction of sp³-hybridized carbons (Fsp3) is 0.833. The molecule has 5 heteroatoms. The monoisotopic (exact) mass is 178 g/mol. The second kappa shape index (κ2) is 6.48. The lowest BCUT2D eigenvalue weighted by molar-refractivity contribution is 0.176. The van der Waals surface area contributed by atoms with E-state index in [-0.39, 0.29) is 13.2 Å². The summed E-state index contributed by atoms with van der Waals surface area (Å²) in [6, 6.07) is 0. The van der Waals surface area contributed by atoms with Crippen LogP contribution in [0.1, 0.15) is 0 Å². The van der Waals surface area contributed by atoms with Crippen LogP contribution in [0.25, 0.3) is 0 Å². The number of hydrogen-bond donors (Lipinski definition) is 3. The molecule has 0 saturated carbocycles. The smallest absolute Gasteiger partial charge is 0.0870 e. The average molecular weight is 178 g/mol. The van der Waals surface area contributed by atoms with Crippen LogP contribution in [0.15, 0.2) is 0 Å². The molecule has 0 unspecified atom stereocenters. The van der Waals surface area contributed by atoms with Gasteiger partial charge in [0.05, 0.1) is 18.2 Å². The first-order valence-corrected chi connectivity index (χ1v) is 3.84. The minimum Gasteiger partial charge on any atom is -0.395 e. The summed E-state index contributed by atoms with van der Waals surface area (Å²) in [5.41, 5.74) is 5.28. The van der Waals surface area contributed by atoms with Crippen molar-refractivity contribution in [1.29, 1.82) is 0 Å². The summed E-state index contributed by atoms with van der Waals surface area (Å²) in [7, 11) is 0. The van der Waals surface area contributed by atoms with Crippen LogP contribution < -0.4 is 5.73 Å². The summed E-state index contributed by atoms with van der Waals surface area (Å²) < 4.78 is 0. The molecule has 4 nitrogen and oxygen atoms in total. The summed E-state index contributed by atoms with van der Waals surface area (Å²) >= 11 is 4.67. The average Bonchev–Trinajstić information content (AvgIpc) is 1.87. The molecule has 66 valence electrons. The Balaban J connectivity index is 3.59. The Morgan fingerprint density at radius 3 is 2.00 bits per heavy atom. The van der Waals surface area contributed by atoms with Crippen molar-refractivity contribution >= 4 is 17.2 Å². The maximum Gasteiger partial charge on any atom is 0.0870 e. The zero-order valence-electron chi connectivity index (χ0n) is 6.36. The fourth-order valence-electron chi connectivity index (χ4n) is 0.773. The molecule has 0 fully saturated rings. The predicted octanol–water partition coefficient (Wildman–Crippen LogP) is -1.44. The highest BCUT2D eigenvalue weighted by molar-refractivity contribution is 7.80. The first-order chi connectivity index (χ1) is 5.20. The normalized spacial score (nSPS) is 10.5. The van der Waals surface area contributed by atoms with Gasteiger partial charge in [-0.15, -0.1) is 0 Å². The molecule has 0 saturated heterocycles. The molecule has 0 radical (unpaired) electrons. The van der Waals surface area contributed by atoms with E-state index in [0.29, 0.717) is 24.6 Å². The van der Waals surface area contributed by atoms with Gasteiger partial charge in [-0.1, -0.05) is 12.2 Å². The molecule has 0 aliphatic heterocycles. The van der Waals surface area contributed by atoms with Crippen molar-refractivity contribution in [2.75, 3.05) is 32.8 Å². The predicted molar refractivity (Wildman–Crippen MR) is 47.4 cm³/mol. The maximum atomic E-state index is 8.57. The zero-order valence-corrected chi connectivity index (χ0v) is 7.18. The van der Waals surface area contributed by atoms with E-state index in [4.69, 9.17) is 15.9 Å². The fourth-order valence-corrected chi connectivity index (χ4v) is 0.956. The molecule has 0 aromatic heterocycles. The third-order valence-electron chi connectivity index (χ3n) is 1.21. The molecule has 0 heterocycles. The summed E-state index contributed by atoms with van der Waals surface area (Å²) in [4.78, 5) is 2.18. The molecule has 0 spiro atoms. The lowest BCUT2D eigenvalue weighted by atomic mass is 10.4. The molecular weight excluding hydrogens is 164 g/mol. The maximum absolute atomic E-state index is 8.57. The van der Waals surface area contributed by atoms with Crippen LogP contribution in [0.5, 0.6) is 0 Å². The molecule has 0 aliphatic carbocycles. The van der Waals surface area contributed by atoms with E-state index >= 15 is 0 Å². The molecular formula is C6H14N2O2S. The highest BCUT2D eigenvalue weighted by Crippen LogP contribution is 1.85. The summed E-state index contributed by atoms with van der Waals surface area (Å²) in [6.45, 7) is 1.57. The van der Waals surface area contributed by atoms with Crippen molar-refractivity contribution < 1.29 is 10.2 Å². The topological polar surface area (TPSA) is 69.7 Å². The van der Waals surface area contributed by atoms with Crippen molar-refractivity contribution in [2.24, 2.45) is 5.73 Å². The number of aliphatic hydroxyl groups is 2. The van der Waals surface area contributed by atoms with E-state index in [9.17, 15) is 0 Å². The molecule has 11 heavy (non-hydrogen) atoms. The van der Waals surface area contributed by atoms with Crippen molar-refractivity contribution in [3.8, 4) is 0 Å². The quantitative estimate of drug-likeness (QED) is 0.435. The third-order valence-corrected chi connectivity index (χ3v) is 1.34. The second-order valence-electron chi connectivity index (χ2n) is 2.19. The zero-order chi connectivity index (χ0) is 8.69. The largest absolute Gasteiger partial charge is 0.395 e. The van der Waals surface area contributed by atoms with Crippen LogP contribution in [-0.2, 0) is 0 Å². The van der Waals surface area contributed by atoms with E-state index < -0.39 is 0 Å². The number of thiocarbonyl (C=S) groups is 1. The van der Waals surface area contributed by atoms with Crippen LogP contribution >= 0.6 is 12.2 Å². The minimum absolute atomic E-state index is 0.0581. The Labute approximate surface area is 71.6 Å². The van der Waals surface area contributed by atoms with E-state index in [2.05, 4.69) is 12.2 Å². The SMILES string of the molecule is NC(=S)CN(CCO)CCO. The first-order valence-electron chi connectivity index (χ1n) is 3.43. The summed E-state index contributed by atoms with van der Waals surface area (Å²) in [5, 5.41) is 17.1. The van der Waals surface area contributed by atoms with E-state index in [1.807, 2.05) is 0 Å². The van der Waals surface area contributed by atoms with Gasteiger partial charge in [-0.3, -0.25) is 4.90 Å². The van der Waals surface area contributed by atoms with Gasteiger partial charge in [0.15, 0.2) is 0 Å². The van der Waals surface area contributed by atoms with E-state index in [1.165, 1.54) is 0 Å². The molecule has 0 aliphatic rings. The Bertz CT molecular complexity index is 115. The molecule has 0 bridgehead atoms. The molecule has 0 aromatic rings. The minimum atomic E-state index is 0.0581. The van der Waals surface area contributed by atoms with Crippen LogP contribution in [-0.4, -0.2) is 52.9 Å². The lowest BCUT2D eigenvalue weighted by Gasteiger charge is -2.18. The number of hydrogen-bond acceptors (Lipinski definition) is 4. The van der Waals surface area contributed by atoms with Gasteiger partial charge in [0, 0.05) is 19.6 Å². The highest BCUT2D eigenvalue weighted by Gasteiger charge is 2.03. The van der Waals surface area contributed by atoms with Gasteiger partial charge in [0.1, 0.15) is 0 Å². The van der Waals surface area contributed by atoms with Crippen LogP contribution in [0.4, 0.5) is 0 Å². The molecule has 0 rings (SSSR count). The first kappa shape index (κ1) is 10.8. The van der Waals surface area contributed by atoms with Crippen molar-refractivity contribution in [3.05, 3.63) is 0 Å². The van der Waals surface area contributed by atoms with Crippen LogP contribution in [0.3, 0.4) is 0 Å². The molecule has 4 N–H and O–H groups in total. The molecule has 0 atom stereocenters. The van der Waals surface area contributed by atoms with E-state index in [1.54, 1.807) is 4.90 Å². The van der Waals surface area contributed by atoms with Gasteiger partial charge in [-0.05, 0) is 0 Å². The van der Waals surface area contributed by atoms with Crippen molar-refractivity contribution in [2.45, 2.75) is 0 Å². The van der Waals surface area contributed by atoms with Gasteiger partial charge < -0.3 is 15.9 Å². The standard InChI is InChI=1S/C6H14N2O2S/c7-6(11)5-8(1-3-9)2-4-10/h9-10H,1-5H2,(H2,7,11). The Kier molecular flexibility index (Phi) is 6.34. The molecule has 0 amide bonds. The van der Waals surface area contributed by atoms with Gasteiger partial charge >= 0.3 is 0 Å². The highest BCUT2D eigenvalue weighted by atomic mass is 32.1. The second-order valence-corrected chi connectivity index (χ2v) is 2.71. The number of nitrogens with zero attached hydrogens (tertiary/aromatic N) is 1. The summed E-state index contributed by atoms with van der Waals surface area (Å²) in [6.07, 6.45) is 0. The Morgan fingerprint density at radius 1 is 1.27 bits per heavy atom. The van der Waals surface area contributed by atoms with Gasteiger partial charge in [-0.25, -0.2) is 0 Å². The summed E-state index contributed by atoms with van der Waals surface area (Å²) in [5.74, 6) is 0. The third kappa shape index (κ3) is 6.18. The van der Waals surface area contributed by atoms with Crippen molar-refractivity contribution in [1.82, 2.24) is 4.90 Å².